The van der Waals surface area contributed by atoms with Crippen molar-refractivity contribution in [2.75, 3.05) is 18.4 Å². The first-order valence-corrected chi connectivity index (χ1v) is 7.90. The Morgan fingerprint density at radius 2 is 1.79 bits per heavy atom. The molecule has 126 valence electrons. The van der Waals surface area contributed by atoms with Gasteiger partial charge in [0, 0.05) is 30.4 Å². The summed E-state index contributed by atoms with van der Waals surface area (Å²) in [6.45, 7) is 5.29. The van der Waals surface area contributed by atoms with Crippen LogP contribution < -0.4 is 9.88 Å². The summed E-state index contributed by atoms with van der Waals surface area (Å²) in [5.41, 5.74) is 1.22. The van der Waals surface area contributed by atoms with E-state index in [-0.39, 0.29) is 24.1 Å². The monoisotopic (exact) mass is 328 g/mol. The number of amides is 2. The van der Waals surface area contributed by atoms with Crippen molar-refractivity contribution in [1.29, 1.82) is 0 Å². The minimum absolute atomic E-state index is 0.0202. The molecule has 0 saturated heterocycles. The number of pyridine rings is 1. The van der Waals surface area contributed by atoms with E-state index in [1.165, 1.54) is 6.20 Å². The summed E-state index contributed by atoms with van der Waals surface area (Å²) in [5.74, 6) is -0.133. The van der Waals surface area contributed by atoms with Crippen molar-refractivity contribution in [3.05, 3.63) is 54.4 Å². The molecule has 2 rings (SSSR count). The normalized spacial score (nSPS) is 10.2. The van der Waals surface area contributed by atoms with Crippen molar-refractivity contribution in [1.82, 2.24) is 4.90 Å². The van der Waals surface area contributed by atoms with Gasteiger partial charge >= 0.3 is 0 Å². The fourth-order valence-corrected chi connectivity index (χ4v) is 2.36. The molecule has 2 aromatic rings. The first-order valence-electron chi connectivity index (χ1n) is 7.90. The molecule has 1 heterocycles. The average molecular weight is 328 g/mol. The highest BCUT2D eigenvalue weighted by atomic mass is 16.3. The number of nitrogens with zero attached hydrogens (tertiary/aromatic N) is 2. The van der Waals surface area contributed by atoms with Crippen molar-refractivity contribution >= 4 is 17.5 Å². The Kier molecular flexibility index (Phi) is 5.89. The summed E-state index contributed by atoms with van der Waals surface area (Å²) in [7, 11) is 0. The topological polar surface area (TPSA) is 73.5 Å². The third kappa shape index (κ3) is 4.55. The van der Waals surface area contributed by atoms with Gasteiger partial charge in [-0.3, -0.25) is 9.59 Å². The number of carbonyl (C=O) groups excluding carboxylic acids is 2. The molecule has 2 amide bonds. The maximum atomic E-state index is 12.2. The van der Waals surface area contributed by atoms with E-state index in [0.29, 0.717) is 24.3 Å². The van der Waals surface area contributed by atoms with E-state index < -0.39 is 0 Å². The standard InChI is InChI=1S/C18H21N3O3/c1-3-21(4-2)18(24)14-7-9-15(10-8-14)19-17(23)13-20-11-5-6-16(22)12-20/h5-12H,3-4,13H2,1-2H3,(H-,19,22,23,24)/p+1. The van der Waals surface area contributed by atoms with E-state index in [0.717, 1.165) is 0 Å². The van der Waals surface area contributed by atoms with Gasteiger partial charge in [-0.1, -0.05) is 0 Å². The van der Waals surface area contributed by atoms with Crippen LogP contribution in [0.3, 0.4) is 0 Å². The van der Waals surface area contributed by atoms with Gasteiger partial charge < -0.3 is 15.3 Å². The maximum absolute atomic E-state index is 12.2. The molecule has 2 N–H and O–H groups in total. The molecular formula is C18H22N3O3+. The summed E-state index contributed by atoms with van der Waals surface area (Å²) in [6, 6.07) is 10.0. The molecule has 0 unspecified atom stereocenters. The molecule has 0 radical (unpaired) electrons. The van der Waals surface area contributed by atoms with Crippen LogP contribution in [0.5, 0.6) is 5.75 Å². The predicted molar refractivity (Wildman–Crippen MR) is 90.6 cm³/mol. The fraction of sp³-hybridized carbons (Fsp3) is 0.278. The summed E-state index contributed by atoms with van der Waals surface area (Å²) in [4.78, 5) is 26.0. The molecule has 0 fully saturated rings. The Hall–Kier alpha value is -2.89. The average Bonchev–Trinajstić information content (AvgIpc) is 2.56. The molecule has 0 spiro atoms. The number of anilines is 1. The molecule has 0 aliphatic carbocycles. The second-order valence-electron chi connectivity index (χ2n) is 5.34. The molecule has 0 saturated carbocycles. The molecule has 24 heavy (non-hydrogen) atoms. The van der Waals surface area contributed by atoms with Gasteiger partial charge in [0.1, 0.15) is 0 Å². The molecule has 6 nitrogen and oxygen atoms in total. The quantitative estimate of drug-likeness (QED) is 0.794. The van der Waals surface area contributed by atoms with Crippen LogP contribution in [0, 0.1) is 0 Å². The first kappa shape index (κ1) is 17.5. The van der Waals surface area contributed by atoms with Gasteiger partial charge in [-0.05, 0) is 44.2 Å². The second kappa shape index (κ2) is 8.10. The van der Waals surface area contributed by atoms with Gasteiger partial charge in [0.2, 0.25) is 12.7 Å². The molecule has 1 aromatic heterocycles. The maximum Gasteiger partial charge on any atom is 0.290 e. The number of nitrogens with one attached hydrogen (secondary N) is 1. The van der Waals surface area contributed by atoms with Crippen LogP contribution in [-0.4, -0.2) is 34.9 Å². The zero-order chi connectivity index (χ0) is 17.5. The van der Waals surface area contributed by atoms with Crippen LogP contribution in [0.25, 0.3) is 0 Å². The highest BCUT2D eigenvalue weighted by Gasteiger charge is 2.13. The van der Waals surface area contributed by atoms with E-state index in [4.69, 9.17) is 0 Å². The van der Waals surface area contributed by atoms with Crippen LogP contribution in [-0.2, 0) is 11.3 Å². The van der Waals surface area contributed by atoms with Gasteiger partial charge in [0.05, 0.1) is 0 Å². The van der Waals surface area contributed by atoms with E-state index in [1.807, 2.05) is 13.8 Å². The van der Waals surface area contributed by atoms with Gasteiger partial charge in [0.15, 0.2) is 11.9 Å². The SMILES string of the molecule is CCN(CC)C(=O)c1ccc(NC(=O)C[n+]2cccc(O)c2)cc1. The highest BCUT2D eigenvalue weighted by molar-refractivity contribution is 5.95. The Labute approximate surface area is 141 Å². The first-order chi connectivity index (χ1) is 11.5. The summed E-state index contributed by atoms with van der Waals surface area (Å²) >= 11 is 0. The van der Waals surface area contributed by atoms with Crippen molar-refractivity contribution < 1.29 is 19.3 Å². The van der Waals surface area contributed by atoms with Gasteiger partial charge in [0.25, 0.3) is 11.8 Å². The Morgan fingerprint density at radius 3 is 2.38 bits per heavy atom. The van der Waals surface area contributed by atoms with Crippen molar-refractivity contribution in [3.8, 4) is 5.75 Å². The molecule has 0 bridgehead atoms. The van der Waals surface area contributed by atoms with E-state index in [1.54, 1.807) is 52.1 Å². The summed E-state index contributed by atoms with van der Waals surface area (Å²) in [6.07, 6.45) is 3.18. The number of rotatable bonds is 6. The molecular weight excluding hydrogens is 306 g/mol. The van der Waals surface area contributed by atoms with Gasteiger partial charge in [-0.15, -0.1) is 0 Å². The molecule has 0 atom stereocenters. The fourth-order valence-electron chi connectivity index (χ4n) is 2.36. The largest absolute Gasteiger partial charge is 0.503 e. The lowest BCUT2D eigenvalue weighted by atomic mass is 10.1. The lowest BCUT2D eigenvalue weighted by Gasteiger charge is -2.18. The predicted octanol–water partition coefficient (Wildman–Crippen LogP) is 1.80. The number of aromatic hydroxyl groups is 1. The van der Waals surface area contributed by atoms with Gasteiger partial charge in [-0.2, -0.15) is 4.57 Å². The summed E-state index contributed by atoms with van der Waals surface area (Å²) in [5, 5.41) is 12.2. The van der Waals surface area contributed by atoms with Crippen LogP contribution in [0.15, 0.2) is 48.8 Å². The minimum Gasteiger partial charge on any atom is -0.503 e. The zero-order valence-electron chi connectivity index (χ0n) is 13.9. The number of hydrogen-bond acceptors (Lipinski definition) is 3. The van der Waals surface area contributed by atoms with Crippen molar-refractivity contribution in [2.45, 2.75) is 20.4 Å². The lowest BCUT2D eigenvalue weighted by molar-refractivity contribution is -0.684. The Bertz CT molecular complexity index is 710. The Balaban J connectivity index is 1.98. The lowest BCUT2D eigenvalue weighted by Crippen LogP contribution is -2.39. The second-order valence-corrected chi connectivity index (χ2v) is 5.34. The van der Waals surface area contributed by atoms with Crippen LogP contribution in [0.2, 0.25) is 0 Å². The number of benzene rings is 1. The van der Waals surface area contributed by atoms with Gasteiger partial charge in [-0.25, -0.2) is 0 Å². The summed E-state index contributed by atoms with van der Waals surface area (Å²) < 4.78 is 1.59. The number of hydrogen-bond donors (Lipinski definition) is 2. The van der Waals surface area contributed by atoms with E-state index >= 15 is 0 Å². The van der Waals surface area contributed by atoms with E-state index in [2.05, 4.69) is 5.32 Å². The van der Waals surface area contributed by atoms with Crippen LogP contribution >= 0.6 is 0 Å². The molecule has 0 aliphatic heterocycles. The zero-order valence-corrected chi connectivity index (χ0v) is 13.9. The third-order valence-corrected chi connectivity index (χ3v) is 3.64. The molecule has 6 heteroatoms. The minimum atomic E-state index is -0.214. The van der Waals surface area contributed by atoms with Crippen molar-refractivity contribution in [2.24, 2.45) is 0 Å². The molecule has 0 aliphatic rings. The smallest absolute Gasteiger partial charge is 0.290 e. The van der Waals surface area contributed by atoms with Crippen LogP contribution in [0.4, 0.5) is 5.69 Å². The number of carbonyl (C=O) groups is 2. The van der Waals surface area contributed by atoms with Crippen LogP contribution in [0.1, 0.15) is 24.2 Å². The molecule has 1 aromatic carbocycles. The van der Waals surface area contributed by atoms with E-state index in [9.17, 15) is 14.7 Å². The number of aromatic nitrogens is 1. The highest BCUT2D eigenvalue weighted by Crippen LogP contribution is 2.12. The van der Waals surface area contributed by atoms with Crippen molar-refractivity contribution in [3.63, 3.8) is 0 Å². The Morgan fingerprint density at radius 1 is 1.12 bits per heavy atom. The third-order valence-electron chi connectivity index (χ3n) is 3.64.